The van der Waals surface area contributed by atoms with E-state index >= 15 is 4.79 Å². The number of hydrogen-bond acceptors (Lipinski definition) is 12. The molecule has 1 saturated heterocycles. The normalized spacial score (nSPS) is 47.0. The molecule has 2 heterocycles. The Labute approximate surface area is 418 Å². The molecule has 1 aromatic heterocycles. The van der Waals surface area contributed by atoms with Gasteiger partial charge in [0.15, 0.2) is 11.7 Å². The number of aliphatic imine (C=N–C) groups is 1. The Bertz CT molecular complexity index is 2440. The number of H-pyrrole nitrogens is 1. The monoisotopic (exact) mass is 982 g/mol. The minimum Gasteiger partial charge on any atom is -0.465 e. The number of rotatable bonds is 9. The summed E-state index contributed by atoms with van der Waals surface area (Å²) in [5.74, 6) is 2.80. The molecule has 19 atom stereocenters. The van der Waals surface area contributed by atoms with Crippen molar-refractivity contribution >= 4 is 23.5 Å². The molecule has 1 spiro atoms. The predicted octanol–water partition coefficient (Wildman–Crippen LogP) is 3.91. The zero-order chi connectivity index (χ0) is 50.6. The van der Waals surface area contributed by atoms with Crippen LogP contribution in [-0.2, 0) is 19.1 Å². The molecule has 15 heteroatoms. The number of Topliss-reactive ketones (excluding diaryl/α,β-unsaturated/α-hetero) is 2. The molecule has 5 saturated carbocycles. The first-order valence-electron chi connectivity index (χ1n) is 26.8. The molecule has 6 fully saturated rings. The van der Waals surface area contributed by atoms with Crippen molar-refractivity contribution in [2.24, 2.45) is 91.9 Å². The molecule has 9 aliphatic rings. The SMILES string of the molecule is CC(=O)CNC1=C2C(CCC3(CCN=C(N)N)C4C(CC#CC(C5COC(=O)C5c5cc[nH]c5)CC56CCC(O)(CC(CO)C5CC=C5CCC(C)CC56)C4(C)O)CC23O)C2(C)CC(O)C(O)CC2C1=O. The molecule has 12 N–H and O–H groups in total. The van der Waals surface area contributed by atoms with Crippen LogP contribution in [-0.4, -0.2) is 114 Å². The van der Waals surface area contributed by atoms with Gasteiger partial charge < -0.3 is 57.1 Å². The van der Waals surface area contributed by atoms with Gasteiger partial charge in [-0.2, -0.15) is 0 Å². The van der Waals surface area contributed by atoms with Crippen LogP contribution in [0.1, 0.15) is 135 Å². The number of carbonyl (C=O) groups excluding carboxylic acids is 3. The Morgan fingerprint density at radius 2 is 1.79 bits per heavy atom. The summed E-state index contributed by atoms with van der Waals surface area (Å²) in [6.07, 6.45) is 10.4. The minimum absolute atomic E-state index is 0.0250. The molecule has 10 rings (SSSR count). The minimum atomic E-state index is -1.92. The number of fused-ring (bicyclic) bond motifs is 10. The lowest BCUT2D eigenvalue weighted by atomic mass is 9.43. The summed E-state index contributed by atoms with van der Waals surface area (Å²) in [4.78, 5) is 49.4. The largest absolute Gasteiger partial charge is 0.465 e. The van der Waals surface area contributed by atoms with Gasteiger partial charge in [0, 0.05) is 61.1 Å². The van der Waals surface area contributed by atoms with Crippen molar-refractivity contribution in [3.05, 3.63) is 46.9 Å². The first-order valence-corrected chi connectivity index (χ1v) is 26.8. The van der Waals surface area contributed by atoms with Crippen LogP contribution in [0.4, 0.5) is 0 Å². The van der Waals surface area contributed by atoms with Crippen molar-refractivity contribution in [2.75, 3.05) is 26.3 Å². The van der Waals surface area contributed by atoms with E-state index < -0.39 is 80.8 Å². The van der Waals surface area contributed by atoms with E-state index in [0.29, 0.717) is 43.6 Å². The summed E-state index contributed by atoms with van der Waals surface area (Å²) in [6.45, 7) is 7.31. The number of nitrogens with two attached hydrogens (primary N) is 2. The number of nitrogens with one attached hydrogen (secondary N) is 2. The summed E-state index contributed by atoms with van der Waals surface area (Å²) in [5, 5.41) is 79.7. The van der Waals surface area contributed by atoms with E-state index in [4.69, 9.17) is 16.2 Å². The number of allylic oxidation sites excluding steroid dienone is 3. The van der Waals surface area contributed by atoms with Gasteiger partial charge in [0.25, 0.3) is 0 Å². The third-order valence-corrected chi connectivity index (χ3v) is 21.4. The predicted molar refractivity (Wildman–Crippen MR) is 264 cm³/mol. The van der Waals surface area contributed by atoms with Crippen LogP contribution in [0.5, 0.6) is 0 Å². The lowest BCUT2D eigenvalue weighted by Crippen LogP contribution is -2.67. The lowest BCUT2D eigenvalue weighted by molar-refractivity contribution is -0.228. The first-order chi connectivity index (χ1) is 33.6. The summed E-state index contributed by atoms with van der Waals surface area (Å²) in [7, 11) is 0. The smallest absolute Gasteiger partial charge is 0.313 e. The fourth-order valence-corrected chi connectivity index (χ4v) is 18.2. The number of guanidine groups is 1. The molecule has 1 aliphatic heterocycles. The van der Waals surface area contributed by atoms with Gasteiger partial charge in [-0.1, -0.05) is 31.4 Å². The molecule has 19 unspecified atom stereocenters. The first kappa shape index (κ1) is 50.5. The number of ether oxygens (including phenoxy) is 1. The van der Waals surface area contributed by atoms with Gasteiger partial charge in [0.1, 0.15) is 5.78 Å². The Hall–Kier alpha value is -4.04. The number of cyclic esters (lactones) is 1. The summed E-state index contributed by atoms with van der Waals surface area (Å²) in [6, 6.07) is 1.93. The van der Waals surface area contributed by atoms with Crippen molar-refractivity contribution in [3.8, 4) is 11.8 Å². The topological polar surface area (TPSA) is 274 Å². The van der Waals surface area contributed by atoms with Gasteiger partial charge in [-0.25, -0.2) is 0 Å². The van der Waals surface area contributed by atoms with E-state index in [2.05, 4.69) is 40.1 Å². The summed E-state index contributed by atoms with van der Waals surface area (Å²) < 4.78 is 5.95. The molecular formula is C56H79N5O10. The fraction of sp³-hybridized carbons (Fsp3) is 0.750. The number of aliphatic hydroxyl groups is 6. The average molecular weight is 982 g/mol. The van der Waals surface area contributed by atoms with E-state index in [1.165, 1.54) is 12.5 Å². The average Bonchev–Trinajstić information content (AvgIpc) is 4.02. The van der Waals surface area contributed by atoms with E-state index in [0.717, 1.165) is 24.8 Å². The zero-order valence-corrected chi connectivity index (χ0v) is 42.2. The van der Waals surface area contributed by atoms with Crippen molar-refractivity contribution in [2.45, 2.75) is 159 Å². The van der Waals surface area contributed by atoms with E-state index in [9.17, 15) is 40.2 Å². The van der Waals surface area contributed by atoms with Crippen LogP contribution in [0.25, 0.3) is 0 Å². The van der Waals surface area contributed by atoms with Crippen LogP contribution in [0.3, 0.4) is 0 Å². The Morgan fingerprint density at radius 1 is 1.00 bits per heavy atom. The van der Waals surface area contributed by atoms with Crippen LogP contribution in [0.2, 0.25) is 0 Å². The molecule has 15 nitrogen and oxygen atoms in total. The van der Waals surface area contributed by atoms with Crippen LogP contribution >= 0.6 is 0 Å². The number of nitrogens with zero attached hydrogens (tertiary/aromatic N) is 1. The molecule has 0 aromatic carbocycles. The second kappa shape index (κ2) is 18.1. The highest BCUT2D eigenvalue weighted by Gasteiger charge is 2.76. The van der Waals surface area contributed by atoms with E-state index in [1.54, 1.807) is 6.92 Å². The third-order valence-electron chi connectivity index (χ3n) is 21.4. The number of aromatic amines is 1. The molecule has 2 bridgehead atoms. The van der Waals surface area contributed by atoms with Crippen molar-refractivity contribution in [1.82, 2.24) is 10.3 Å². The third kappa shape index (κ3) is 7.72. The van der Waals surface area contributed by atoms with E-state index in [-0.39, 0.29) is 124 Å². The maximum Gasteiger partial charge on any atom is 0.313 e. The number of esters is 1. The molecule has 71 heavy (non-hydrogen) atoms. The van der Waals surface area contributed by atoms with Gasteiger partial charge in [-0.05, 0) is 167 Å². The standard InChI is InChI=1S/C56H79N5O10/c1-30-8-9-32-10-11-38-36(28-62)23-55(69)16-15-53(38,40(32)20-30)22-33(37-29-71-49(67)44(37)35-13-18-59-27-35)6-5-7-34-24-56(70)45-39(12-14-54(56,17-19-60-50(57)58)48(34)52(55,4)68)51(3)25-43(65)42(64)21-41(51)47(66)46(45)61-26-31(2)63/h10,13,18,27,30,33-34,36-44,48,59,61-62,64-65,68-70H,7-9,11-12,14-17,19-26,28-29H2,1-4H3,(H4,57,58,60). The zero-order valence-electron chi connectivity index (χ0n) is 42.2. The Kier molecular flexibility index (Phi) is 12.9. The van der Waals surface area contributed by atoms with Crippen molar-refractivity contribution in [1.29, 1.82) is 0 Å². The molecule has 8 aliphatic carbocycles. The fourth-order valence-electron chi connectivity index (χ4n) is 18.2. The second-order valence-electron chi connectivity index (χ2n) is 24.8. The van der Waals surface area contributed by atoms with E-state index in [1.807, 2.05) is 25.4 Å². The molecular weight excluding hydrogens is 903 g/mol. The van der Waals surface area contributed by atoms with Gasteiger partial charge in [0.2, 0.25) is 0 Å². The van der Waals surface area contributed by atoms with Crippen LogP contribution in [0.15, 0.2) is 46.4 Å². The van der Waals surface area contributed by atoms with Crippen molar-refractivity contribution in [3.63, 3.8) is 0 Å². The molecule has 388 valence electrons. The lowest BCUT2D eigenvalue weighted by Gasteiger charge is -2.63. The van der Waals surface area contributed by atoms with Gasteiger partial charge in [-0.3, -0.25) is 19.4 Å². The number of carbonyl (C=O) groups is 3. The highest BCUT2D eigenvalue weighted by molar-refractivity contribution is 6.00. The molecule has 1 aromatic rings. The van der Waals surface area contributed by atoms with Crippen LogP contribution in [0, 0.1) is 87.3 Å². The maximum absolute atomic E-state index is 15.2. The summed E-state index contributed by atoms with van der Waals surface area (Å²) in [5.41, 5.74) is 6.69. The number of aliphatic hydroxyl groups excluding tert-OH is 3. The number of ketones is 2. The number of hydrogen-bond donors (Lipinski definition) is 10. The number of aromatic nitrogens is 1. The Balaban J connectivity index is 1.19. The summed E-state index contributed by atoms with van der Waals surface area (Å²) >= 11 is 0. The molecule has 0 amide bonds. The quantitative estimate of drug-likeness (QED) is 0.0554. The van der Waals surface area contributed by atoms with Gasteiger partial charge >= 0.3 is 5.97 Å². The maximum atomic E-state index is 15.2. The highest BCUT2D eigenvalue weighted by atomic mass is 16.5. The van der Waals surface area contributed by atoms with Gasteiger partial charge in [-0.15, -0.1) is 5.92 Å². The van der Waals surface area contributed by atoms with Gasteiger partial charge in [0.05, 0.1) is 53.8 Å². The highest BCUT2D eigenvalue weighted by Crippen LogP contribution is 2.74. The van der Waals surface area contributed by atoms with Crippen LogP contribution < -0.4 is 16.8 Å². The Morgan fingerprint density at radius 3 is 2.51 bits per heavy atom. The molecule has 0 radical (unpaired) electrons. The second-order valence-corrected chi connectivity index (χ2v) is 24.8. The van der Waals surface area contributed by atoms with Crippen molar-refractivity contribution < 1.29 is 49.8 Å².